The molecule has 0 radical (unpaired) electrons. The first-order chi connectivity index (χ1) is 13.0. The third-order valence-corrected chi connectivity index (χ3v) is 8.96. The number of amides is 2. The summed E-state index contributed by atoms with van der Waals surface area (Å²) in [6.07, 6.45) is 0. The normalized spacial score (nSPS) is 35.9. The highest BCUT2D eigenvalue weighted by atomic mass is 35.5. The number of rotatable bonds is 3. The zero-order chi connectivity index (χ0) is 20.8. The van der Waals surface area contributed by atoms with E-state index in [-0.39, 0.29) is 10.1 Å². The summed E-state index contributed by atoms with van der Waals surface area (Å²) in [5.41, 5.74) is 1.12. The van der Waals surface area contributed by atoms with Crippen molar-refractivity contribution in [3.05, 3.63) is 38.8 Å². The van der Waals surface area contributed by atoms with Gasteiger partial charge in [-0.3, -0.25) is 9.59 Å². The van der Waals surface area contributed by atoms with Crippen molar-refractivity contribution < 1.29 is 19.1 Å². The summed E-state index contributed by atoms with van der Waals surface area (Å²) >= 11 is 32.8. The highest BCUT2D eigenvalue weighted by Gasteiger charge is 2.89. The van der Waals surface area contributed by atoms with Gasteiger partial charge in [-0.05, 0) is 24.6 Å². The number of carbonyl (C=O) groups excluding carboxylic acids is 2. The van der Waals surface area contributed by atoms with E-state index in [4.69, 9.17) is 67.5 Å². The van der Waals surface area contributed by atoms with Crippen molar-refractivity contribution in [1.82, 2.24) is 0 Å². The van der Waals surface area contributed by atoms with E-state index in [2.05, 4.69) is 0 Å². The van der Waals surface area contributed by atoms with Gasteiger partial charge in [0.2, 0.25) is 17.6 Å². The van der Waals surface area contributed by atoms with Crippen LogP contribution in [0.2, 0.25) is 5.02 Å². The number of halogens is 5. The quantitative estimate of drug-likeness (QED) is 0.362. The van der Waals surface area contributed by atoms with Gasteiger partial charge in [0.25, 0.3) is 0 Å². The number of nitrogens with zero attached hydrogens (tertiary/aromatic N) is 1. The minimum atomic E-state index is -1.80. The number of aryl methyl sites for hydroxylation is 1. The molecule has 1 aromatic rings. The Kier molecular flexibility index (Phi) is 4.62. The number of anilines is 1. The monoisotopic (exact) mass is 483 g/mol. The molecule has 10 heteroatoms. The van der Waals surface area contributed by atoms with Crippen LogP contribution in [0.25, 0.3) is 0 Å². The molecule has 4 unspecified atom stereocenters. The third kappa shape index (κ3) is 1.95. The van der Waals surface area contributed by atoms with Crippen LogP contribution in [0.15, 0.2) is 28.3 Å². The van der Waals surface area contributed by atoms with Crippen LogP contribution >= 0.6 is 58.0 Å². The molecule has 4 rings (SSSR count). The SMILES string of the molecule is COC1(OC)C2(Cl)C(Cl)=C(Cl)C1(Cl)C1C(=O)N(c3ccc(C)c(Cl)c3)C(=O)C12. The van der Waals surface area contributed by atoms with Gasteiger partial charge in [-0.15, -0.1) is 23.2 Å². The number of ether oxygens (including phenoxy) is 2. The minimum Gasteiger partial charge on any atom is -0.350 e. The molecule has 1 aromatic carbocycles. The molecule has 2 amide bonds. The number of imide groups is 1. The maximum Gasteiger partial charge on any atom is 0.240 e. The predicted octanol–water partition coefficient (Wildman–Crippen LogP) is 4.41. The topological polar surface area (TPSA) is 55.8 Å². The molecule has 150 valence electrons. The smallest absolute Gasteiger partial charge is 0.240 e. The van der Waals surface area contributed by atoms with Gasteiger partial charge in [0.1, 0.15) is 9.75 Å². The molecule has 0 aromatic heterocycles. The Bertz CT molecular complexity index is 915. The molecule has 1 saturated heterocycles. The Labute approximate surface area is 186 Å². The molecule has 5 nitrogen and oxygen atoms in total. The van der Waals surface area contributed by atoms with E-state index >= 15 is 0 Å². The van der Waals surface area contributed by atoms with Crippen molar-refractivity contribution >= 4 is 75.5 Å². The van der Waals surface area contributed by atoms with E-state index in [1.165, 1.54) is 20.3 Å². The van der Waals surface area contributed by atoms with Crippen molar-refractivity contribution in [2.75, 3.05) is 19.1 Å². The van der Waals surface area contributed by atoms with Gasteiger partial charge < -0.3 is 9.47 Å². The Balaban J connectivity index is 1.92. The van der Waals surface area contributed by atoms with E-state index in [1.807, 2.05) is 6.92 Å². The standard InChI is InChI=1S/C18H14Cl5NO4/c1-7-4-5-8(6-9(7)19)24-14(25)10-11(15(24)26)17(23)13(21)12(20)16(10,22)18(17,27-2)28-3/h4-6,10-11H,1-3H3. The van der Waals surface area contributed by atoms with Crippen molar-refractivity contribution in [3.63, 3.8) is 0 Å². The summed E-state index contributed by atoms with van der Waals surface area (Å²) in [5, 5.41) is 0.276. The highest BCUT2D eigenvalue weighted by molar-refractivity contribution is 6.54. The number of methoxy groups -OCH3 is 2. The third-order valence-electron chi connectivity index (χ3n) is 5.94. The Morgan fingerprint density at radius 3 is 1.79 bits per heavy atom. The van der Waals surface area contributed by atoms with E-state index in [0.717, 1.165) is 10.5 Å². The average molecular weight is 486 g/mol. The molecule has 0 N–H and O–H groups in total. The molecule has 1 aliphatic heterocycles. The van der Waals surface area contributed by atoms with Crippen LogP contribution in [-0.4, -0.2) is 41.6 Å². The summed E-state index contributed by atoms with van der Waals surface area (Å²) in [4.78, 5) is 24.3. The molecular weight excluding hydrogens is 471 g/mol. The van der Waals surface area contributed by atoms with Crippen molar-refractivity contribution in [2.24, 2.45) is 11.8 Å². The van der Waals surface area contributed by atoms with Gasteiger partial charge in [-0.25, -0.2) is 4.90 Å². The van der Waals surface area contributed by atoms with Gasteiger partial charge in [0.15, 0.2) is 0 Å². The lowest BCUT2D eigenvalue weighted by Gasteiger charge is -2.42. The summed E-state index contributed by atoms with van der Waals surface area (Å²) in [5.74, 6) is -5.21. The molecule has 3 aliphatic rings. The lowest BCUT2D eigenvalue weighted by molar-refractivity contribution is -0.221. The van der Waals surface area contributed by atoms with E-state index < -0.39 is 39.2 Å². The summed E-state index contributed by atoms with van der Waals surface area (Å²) in [6, 6.07) is 4.87. The lowest BCUT2D eigenvalue weighted by Crippen LogP contribution is -2.60. The Morgan fingerprint density at radius 1 is 0.929 bits per heavy atom. The Hall–Kier alpha value is -0.530. The van der Waals surface area contributed by atoms with Crippen LogP contribution in [-0.2, 0) is 19.1 Å². The second-order valence-electron chi connectivity index (χ2n) is 6.98. The van der Waals surface area contributed by atoms with Crippen LogP contribution in [0.1, 0.15) is 5.56 Å². The number of hydrogen-bond donors (Lipinski definition) is 0. The van der Waals surface area contributed by atoms with Crippen LogP contribution in [0.5, 0.6) is 0 Å². The number of carbonyl (C=O) groups is 2. The fourth-order valence-corrected chi connectivity index (χ4v) is 7.02. The van der Waals surface area contributed by atoms with Crippen LogP contribution in [0.4, 0.5) is 5.69 Å². The number of alkyl halides is 2. The predicted molar refractivity (Wildman–Crippen MR) is 108 cm³/mol. The zero-order valence-corrected chi connectivity index (χ0v) is 18.6. The van der Waals surface area contributed by atoms with Crippen molar-refractivity contribution in [1.29, 1.82) is 0 Å². The molecule has 0 spiro atoms. The largest absolute Gasteiger partial charge is 0.350 e. The second kappa shape index (κ2) is 6.24. The molecule has 2 fully saturated rings. The summed E-state index contributed by atoms with van der Waals surface area (Å²) < 4.78 is 11.1. The second-order valence-corrected chi connectivity index (χ2v) is 9.33. The number of hydrogen-bond acceptors (Lipinski definition) is 4. The first-order valence-electron chi connectivity index (χ1n) is 8.22. The Morgan fingerprint density at radius 2 is 1.39 bits per heavy atom. The number of benzene rings is 1. The van der Waals surface area contributed by atoms with Gasteiger partial charge in [0, 0.05) is 19.2 Å². The van der Waals surface area contributed by atoms with Crippen LogP contribution < -0.4 is 4.90 Å². The fraction of sp³-hybridized carbons (Fsp3) is 0.444. The molecule has 28 heavy (non-hydrogen) atoms. The van der Waals surface area contributed by atoms with Gasteiger partial charge in [-0.2, -0.15) is 0 Å². The number of fused-ring (bicyclic) bond motifs is 5. The maximum atomic E-state index is 13.4. The minimum absolute atomic E-state index is 0.0688. The highest BCUT2D eigenvalue weighted by Crippen LogP contribution is 2.75. The molecule has 1 heterocycles. The molecule has 2 bridgehead atoms. The molecule has 1 saturated carbocycles. The van der Waals surface area contributed by atoms with Gasteiger partial charge in [0.05, 0.1) is 27.6 Å². The van der Waals surface area contributed by atoms with Crippen molar-refractivity contribution in [2.45, 2.75) is 22.5 Å². The van der Waals surface area contributed by atoms with E-state index in [1.54, 1.807) is 12.1 Å². The van der Waals surface area contributed by atoms with E-state index in [0.29, 0.717) is 10.7 Å². The lowest BCUT2D eigenvalue weighted by atomic mass is 9.84. The van der Waals surface area contributed by atoms with E-state index in [9.17, 15) is 9.59 Å². The maximum absolute atomic E-state index is 13.4. The van der Waals surface area contributed by atoms with Gasteiger partial charge in [-0.1, -0.05) is 40.9 Å². The fourth-order valence-electron chi connectivity index (χ4n) is 4.68. The molecule has 2 aliphatic carbocycles. The van der Waals surface area contributed by atoms with Crippen LogP contribution in [0.3, 0.4) is 0 Å². The first-order valence-corrected chi connectivity index (χ1v) is 10.1. The van der Waals surface area contributed by atoms with Crippen molar-refractivity contribution in [3.8, 4) is 0 Å². The first kappa shape index (κ1) is 20.7. The molecule has 4 atom stereocenters. The summed E-state index contributed by atoms with van der Waals surface area (Å²) in [6.45, 7) is 1.81. The zero-order valence-electron chi connectivity index (χ0n) is 14.9. The van der Waals surface area contributed by atoms with Gasteiger partial charge >= 0.3 is 0 Å². The summed E-state index contributed by atoms with van der Waals surface area (Å²) in [7, 11) is 2.62. The average Bonchev–Trinajstić information content (AvgIpc) is 3.08. The molecular formula is C18H14Cl5NO4. The van der Waals surface area contributed by atoms with Crippen LogP contribution in [0, 0.1) is 18.8 Å².